The molecule has 1 atom stereocenters. The van der Waals surface area contributed by atoms with Crippen LogP contribution in [0.25, 0.3) is 0 Å². The molecule has 1 aromatic rings. The van der Waals surface area contributed by atoms with Crippen molar-refractivity contribution in [3.05, 3.63) is 12.0 Å². The summed E-state index contributed by atoms with van der Waals surface area (Å²) >= 11 is 1.38. The lowest BCUT2D eigenvalue weighted by Gasteiger charge is -2.08. The first-order valence-corrected chi connectivity index (χ1v) is 5.21. The van der Waals surface area contributed by atoms with Crippen molar-refractivity contribution in [2.75, 3.05) is 5.43 Å². The van der Waals surface area contributed by atoms with Gasteiger partial charge in [0.2, 0.25) is 5.95 Å². The standard InChI is InChI=1S/C8H13FN4S/c1-3-5(2)14-7-6(9)4-11-8(12-7)13-10/h4-5H,3,10H2,1-2H3,(H,11,12,13). The molecular formula is C8H13FN4S. The Morgan fingerprint density at radius 3 is 3.00 bits per heavy atom. The molecule has 0 saturated heterocycles. The summed E-state index contributed by atoms with van der Waals surface area (Å²) in [4.78, 5) is 7.57. The van der Waals surface area contributed by atoms with Gasteiger partial charge in [-0.3, -0.25) is 5.43 Å². The van der Waals surface area contributed by atoms with Crippen molar-refractivity contribution in [3.63, 3.8) is 0 Å². The number of hydrogen-bond donors (Lipinski definition) is 2. The van der Waals surface area contributed by atoms with Gasteiger partial charge in [0.15, 0.2) is 5.82 Å². The maximum Gasteiger partial charge on any atom is 0.238 e. The third-order valence-corrected chi connectivity index (χ3v) is 2.97. The van der Waals surface area contributed by atoms with Crippen LogP contribution in [0.2, 0.25) is 0 Å². The van der Waals surface area contributed by atoms with E-state index in [0.29, 0.717) is 10.3 Å². The van der Waals surface area contributed by atoms with Crippen molar-refractivity contribution in [1.29, 1.82) is 0 Å². The fourth-order valence-corrected chi connectivity index (χ4v) is 1.63. The summed E-state index contributed by atoms with van der Waals surface area (Å²) in [5.74, 6) is 4.95. The van der Waals surface area contributed by atoms with E-state index in [4.69, 9.17) is 5.84 Å². The molecule has 1 heterocycles. The molecule has 3 N–H and O–H groups in total. The van der Waals surface area contributed by atoms with E-state index in [2.05, 4.69) is 15.4 Å². The Morgan fingerprint density at radius 2 is 2.43 bits per heavy atom. The number of nitrogens with zero attached hydrogens (tertiary/aromatic N) is 2. The third kappa shape index (κ3) is 2.81. The van der Waals surface area contributed by atoms with E-state index in [-0.39, 0.29) is 5.95 Å². The smallest absolute Gasteiger partial charge is 0.238 e. The Balaban J connectivity index is 2.83. The van der Waals surface area contributed by atoms with Crippen LogP contribution in [0.15, 0.2) is 11.2 Å². The van der Waals surface area contributed by atoms with Gasteiger partial charge in [-0.05, 0) is 6.42 Å². The van der Waals surface area contributed by atoms with Gasteiger partial charge in [-0.15, -0.1) is 11.8 Å². The average Bonchev–Trinajstić information content (AvgIpc) is 2.21. The van der Waals surface area contributed by atoms with Crippen molar-refractivity contribution in [1.82, 2.24) is 9.97 Å². The van der Waals surface area contributed by atoms with E-state index in [1.807, 2.05) is 13.8 Å². The first-order valence-electron chi connectivity index (χ1n) is 4.33. The lowest BCUT2D eigenvalue weighted by molar-refractivity contribution is 0.579. The summed E-state index contributed by atoms with van der Waals surface area (Å²) in [6, 6.07) is 0. The summed E-state index contributed by atoms with van der Waals surface area (Å²) in [6.45, 7) is 4.06. The van der Waals surface area contributed by atoms with E-state index in [9.17, 15) is 4.39 Å². The Kier molecular flexibility index (Phi) is 4.09. The van der Waals surface area contributed by atoms with Crippen molar-refractivity contribution >= 4 is 17.7 Å². The Labute approximate surface area is 86.5 Å². The Hall–Kier alpha value is -0.880. The molecule has 0 aliphatic heterocycles. The number of rotatable bonds is 4. The van der Waals surface area contributed by atoms with Crippen LogP contribution in [0.5, 0.6) is 0 Å². The van der Waals surface area contributed by atoms with E-state index in [0.717, 1.165) is 12.6 Å². The predicted molar refractivity (Wildman–Crippen MR) is 55.4 cm³/mol. The molecule has 0 spiro atoms. The van der Waals surface area contributed by atoms with Crippen LogP contribution < -0.4 is 11.3 Å². The molecule has 0 fully saturated rings. The second-order valence-electron chi connectivity index (χ2n) is 2.83. The fourth-order valence-electron chi connectivity index (χ4n) is 0.778. The molecule has 0 saturated carbocycles. The van der Waals surface area contributed by atoms with Gasteiger partial charge >= 0.3 is 0 Å². The van der Waals surface area contributed by atoms with Gasteiger partial charge in [0, 0.05) is 5.25 Å². The molecule has 1 rings (SSSR count). The van der Waals surface area contributed by atoms with Crippen LogP contribution in [0.4, 0.5) is 10.3 Å². The number of nitrogens with two attached hydrogens (primary N) is 1. The molecule has 0 bridgehead atoms. The molecule has 6 heteroatoms. The quantitative estimate of drug-likeness (QED) is 0.348. The van der Waals surface area contributed by atoms with E-state index in [1.165, 1.54) is 11.8 Å². The highest BCUT2D eigenvalue weighted by atomic mass is 32.2. The first-order chi connectivity index (χ1) is 6.67. The van der Waals surface area contributed by atoms with Gasteiger partial charge in [-0.1, -0.05) is 13.8 Å². The second kappa shape index (κ2) is 5.11. The summed E-state index contributed by atoms with van der Waals surface area (Å²) in [5, 5.41) is 0.660. The molecule has 0 aliphatic rings. The fraction of sp³-hybridized carbons (Fsp3) is 0.500. The van der Waals surface area contributed by atoms with Crippen LogP contribution in [0.1, 0.15) is 20.3 Å². The van der Waals surface area contributed by atoms with Crippen molar-refractivity contribution in [2.45, 2.75) is 30.5 Å². The zero-order chi connectivity index (χ0) is 10.6. The van der Waals surface area contributed by atoms with Crippen LogP contribution in [0, 0.1) is 5.82 Å². The number of nitrogen functional groups attached to an aromatic ring is 1. The minimum absolute atomic E-state index is 0.234. The predicted octanol–water partition coefficient (Wildman–Crippen LogP) is 1.79. The zero-order valence-corrected chi connectivity index (χ0v) is 8.94. The highest BCUT2D eigenvalue weighted by Crippen LogP contribution is 2.25. The van der Waals surface area contributed by atoms with Crippen LogP contribution in [0.3, 0.4) is 0 Å². The largest absolute Gasteiger partial charge is 0.292 e. The summed E-state index contributed by atoms with van der Waals surface area (Å²) < 4.78 is 13.2. The Morgan fingerprint density at radius 1 is 1.71 bits per heavy atom. The molecule has 0 aromatic carbocycles. The zero-order valence-electron chi connectivity index (χ0n) is 8.12. The van der Waals surface area contributed by atoms with Gasteiger partial charge < -0.3 is 0 Å². The number of anilines is 1. The third-order valence-electron chi connectivity index (χ3n) is 1.73. The molecule has 0 amide bonds. The summed E-state index contributed by atoms with van der Waals surface area (Å²) in [7, 11) is 0. The number of nitrogens with one attached hydrogen (secondary N) is 1. The highest BCUT2D eigenvalue weighted by molar-refractivity contribution is 7.99. The number of thioether (sulfide) groups is 1. The van der Waals surface area contributed by atoms with E-state index in [1.54, 1.807) is 0 Å². The molecule has 0 radical (unpaired) electrons. The number of hydrazine groups is 1. The SMILES string of the molecule is CCC(C)Sc1nc(NN)ncc1F. The number of halogens is 1. The Bertz CT molecular complexity index is 307. The van der Waals surface area contributed by atoms with E-state index < -0.39 is 5.82 Å². The summed E-state index contributed by atoms with van der Waals surface area (Å²) in [6.07, 6.45) is 2.08. The molecule has 1 unspecified atom stereocenters. The van der Waals surface area contributed by atoms with Crippen LogP contribution >= 0.6 is 11.8 Å². The highest BCUT2D eigenvalue weighted by Gasteiger charge is 2.10. The monoisotopic (exact) mass is 216 g/mol. The molecule has 78 valence electrons. The molecular weight excluding hydrogens is 203 g/mol. The first kappa shape index (κ1) is 11.2. The van der Waals surface area contributed by atoms with Gasteiger partial charge in [-0.2, -0.15) is 0 Å². The topological polar surface area (TPSA) is 63.8 Å². The maximum absolute atomic E-state index is 13.2. The van der Waals surface area contributed by atoms with Crippen molar-refractivity contribution in [2.24, 2.45) is 5.84 Å². The average molecular weight is 216 g/mol. The minimum Gasteiger partial charge on any atom is -0.292 e. The van der Waals surface area contributed by atoms with Crippen molar-refractivity contribution < 1.29 is 4.39 Å². The number of hydrogen-bond acceptors (Lipinski definition) is 5. The minimum atomic E-state index is -0.408. The van der Waals surface area contributed by atoms with Crippen LogP contribution in [-0.2, 0) is 0 Å². The van der Waals surface area contributed by atoms with Gasteiger partial charge in [0.25, 0.3) is 0 Å². The lowest BCUT2D eigenvalue weighted by atomic mass is 10.4. The van der Waals surface area contributed by atoms with Crippen molar-refractivity contribution in [3.8, 4) is 0 Å². The lowest BCUT2D eigenvalue weighted by Crippen LogP contribution is -2.11. The van der Waals surface area contributed by atoms with Gasteiger partial charge in [0.1, 0.15) is 5.03 Å². The molecule has 14 heavy (non-hydrogen) atoms. The second-order valence-corrected chi connectivity index (χ2v) is 4.25. The van der Waals surface area contributed by atoms with Gasteiger partial charge in [0.05, 0.1) is 6.20 Å². The molecule has 1 aromatic heterocycles. The number of aromatic nitrogens is 2. The van der Waals surface area contributed by atoms with Crippen LogP contribution in [-0.4, -0.2) is 15.2 Å². The molecule has 4 nitrogen and oxygen atoms in total. The van der Waals surface area contributed by atoms with Gasteiger partial charge in [-0.25, -0.2) is 20.2 Å². The maximum atomic E-state index is 13.2. The summed E-state index contributed by atoms with van der Waals surface area (Å²) in [5.41, 5.74) is 2.28. The molecule has 0 aliphatic carbocycles. The normalized spacial score (nSPS) is 12.6. The van der Waals surface area contributed by atoms with E-state index >= 15 is 0 Å².